The zero-order valence-electron chi connectivity index (χ0n) is 14.6. The highest BCUT2D eigenvalue weighted by atomic mass is 32.1. The van der Waals surface area contributed by atoms with E-state index in [9.17, 15) is 4.79 Å². The summed E-state index contributed by atoms with van der Waals surface area (Å²) in [6.07, 6.45) is 3.74. The first kappa shape index (κ1) is 17.2. The summed E-state index contributed by atoms with van der Waals surface area (Å²) in [6, 6.07) is 4.50. The van der Waals surface area contributed by atoms with Gasteiger partial charge in [0.25, 0.3) is 5.91 Å². The van der Waals surface area contributed by atoms with E-state index < -0.39 is 5.91 Å². The Hall–Kier alpha value is -1.66. The van der Waals surface area contributed by atoms with Gasteiger partial charge in [-0.25, -0.2) is 0 Å². The van der Waals surface area contributed by atoms with Crippen LogP contribution >= 0.6 is 11.3 Å². The predicted octanol–water partition coefficient (Wildman–Crippen LogP) is 3.25. The average Bonchev–Trinajstić information content (AvgIpc) is 3.15. The second-order valence-electron chi connectivity index (χ2n) is 7.65. The van der Waals surface area contributed by atoms with Crippen LogP contribution < -0.4 is 5.73 Å². The summed E-state index contributed by atoms with van der Waals surface area (Å²) in [4.78, 5) is 16.8. The van der Waals surface area contributed by atoms with Crippen LogP contribution in [-0.4, -0.2) is 34.1 Å². The third-order valence-corrected chi connectivity index (χ3v) is 6.12. The molecule has 1 saturated heterocycles. The highest BCUT2D eigenvalue weighted by Crippen LogP contribution is 2.32. The van der Waals surface area contributed by atoms with Crippen LogP contribution in [-0.2, 0) is 12.0 Å². The Kier molecular flexibility index (Phi) is 4.78. The minimum atomic E-state index is -0.399. The van der Waals surface area contributed by atoms with Crippen molar-refractivity contribution in [2.24, 2.45) is 5.73 Å². The maximum Gasteiger partial charge on any atom is 0.252 e. The molecular weight excluding hydrogens is 320 g/mol. The fourth-order valence-electron chi connectivity index (χ4n) is 3.32. The lowest BCUT2D eigenvalue weighted by Crippen LogP contribution is -2.34. The number of aromatic nitrogens is 2. The Morgan fingerprint density at radius 3 is 2.92 bits per heavy atom. The number of amides is 1. The number of H-pyrrole nitrogens is 1. The molecule has 3 heterocycles. The van der Waals surface area contributed by atoms with Crippen LogP contribution in [0.25, 0.3) is 0 Å². The third kappa shape index (κ3) is 3.70. The standard InChI is InChI=1S/C18H26N4OS/c1-18(2,3)15-7-6-13(24-15)11-22-8-4-5-12(10-22)16-14(17(19)23)9-20-21-16/h6-7,9,12H,4-5,8,10-11H2,1-3H3,(H2,19,23)(H,20,21)/t12-/m0/s1. The summed E-state index contributed by atoms with van der Waals surface area (Å²) in [5.41, 5.74) is 7.10. The molecule has 130 valence electrons. The van der Waals surface area contributed by atoms with Crippen molar-refractivity contribution in [3.05, 3.63) is 39.3 Å². The number of nitrogens with one attached hydrogen (secondary N) is 1. The summed E-state index contributed by atoms with van der Waals surface area (Å²) < 4.78 is 0. The minimum Gasteiger partial charge on any atom is -0.365 e. The van der Waals surface area contributed by atoms with Gasteiger partial charge < -0.3 is 5.73 Å². The van der Waals surface area contributed by atoms with Crippen LogP contribution in [0.1, 0.15) is 65.3 Å². The van der Waals surface area contributed by atoms with Crippen molar-refractivity contribution in [1.82, 2.24) is 15.1 Å². The molecule has 0 saturated carbocycles. The molecule has 0 unspecified atom stereocenters. The molecule has 2 aromatic rings. The normalized spacial score (nSPS) is 19.5. The van der Waals surface area contributed by atoms with E-state index in [1.54, 1.807) is 6.20 Å². The van der Waals surface area contributed by atoms with Crippen LogP contribution in [0.3, 0.4) is 0 Å². The van der Waals surface area contributed by atoms with Gasteiger partial charge in [0, 0.05) is 28.8 Å². The van der Waals surface area contributed by atoms with E-state index in [4.69, 9.17) is 5.73 Å². The molecule has 1 aliphatic heterocycles. The molecule has 0 bridgehead atoms. The van der Waals surface area contributed by atoms with E-state index in [1.165, 1.54) is 9.75 Å². The zero-order valence-corrected chi connectivity index (χ0v) is 15.4. The predicted molar refractivity (Wildman–Crippen MR) is 97.4 cm³/mol. The smallest absolute Gasteiger partial charge is 0.252 e. The van der Waals surface area contributed by atoms with Gasteiger partial charge in [-0.1, -0.05) is 20.8 Å². The lowest BCUT2D eigenvalue weighted by molar-refractivity contribution is 0.0997. The highest BCUT2D eigenvalue weighted by Gasteiger charge is 2.26. The number of hydrogen-bond donors (Lipinski definition) is 2. The molecule has 1 amide bonds. The highest BCUT2D eigenvalue weighted by molar-refractivity contribution is 7.12. The molecule has 1 atom stereocenters. The molecular formula is C18H26N4OS. The molecule has 2 aromatic heterocycles. The number of aromatic amines is 1. The van der Waals surface area contributed by atoms with Crippen molar-refractivity contribution in [2.45, 2.75) is 51.5 Å². The van der Waals surface area contributed by atoms with Crippen LogP contribution in [0.2, 0.25) is 0 Å². The summed E-state index contributed by atoms with van der Waals surface area (Å²) in [6.45, 7) is 9.76. The first-order valence-electron chi connectivity index (χ1n) is 8.49. The fraction of sp³-hybridized carbons (Fsp3) is 0.556. The monoisotopic (exact) mass is 346 g/mol. The molecule has 1 aliphatic rings. The van der Waals surface area contributed by atoms with Gasteiger partial charge in [-0.3, -0.25) is 14.8 Å². The number of primary amides is 1. The molecule has 0 spiro atoms. The molecule has 3 rings (SSSR count). The number of thiophene rings is 1. The molecule has 0 aromatic carbocycles. The molecule has 24 heavy (non-hydrogen) atoms. The Labute approximate surface area is 147 Å². The Balaban J connectivity index is 1.69. The van der Waals surface area contributed by atoms with Crippen molar-refractivity contribution >= 4 is 17.2 Å². The number of carbonyl (C=O) groups is 1. The van der Waals surface area contributed by atoms with Gasteiger partial charge in [-0.05, 0) is 36.9 Å². The second kappa shape index (κ2) is 6.69. The lowest BCUT2D eigenvalue weighted by atomic mass is 9.92. The van der Waals surface area contributed by atoms with E-state index >= 15 is 0 Å². The van der Waals surface area contributed by atoms with Gasteiger partial charge in [-0.2, -0.15) is 5.10 Å². The van der Waals surface area contributed by atoms with Crippen molar-refractivity contribution < 1.29 is 4.79 Å². The van der Waals surface area contributed by atoms with Gasteiger partial charge >= 0.3 is 0 Å². The van der Waals surface area contributed by atoms with Gasteiger partial charge in [0.05, 0.1) is 17.5 Å². The van der Waals surface area contributed by atoms with E-state index in [0.29, 0.717) is 11.5 Å². The first-order chi connectivity index (χ1) is 11.3. The minimum absolute atomic E-state index is 0.208. The Morgan fingerprint density at radius 1 is 1.46 bits per heavy atom. The maximum absolute atomic E-state index is 11.5. The number of rotatable bonds is 4. The SMILES string of the molecule is CC(C)(C)c1ccc(CN2CCC[C@H](c3[nH]ncc3C(N)=O)C2)s1. The maximum atomic E-state index is 11.5. The summed E-state index contributed by atoms with van der Waals surface area (Å²) in [5, 5.41) is 7.01. The molecule has 0 aliphatic carbocycles. The van der Waals surface area contributed by atoms with Crippen LogP contribution in [0.15, 0.2) is 18.3 Å². The number of nitrogens with two attached hydrogens (primary N) is 1. The number of nitrogens with zero attached hydrogens (tertiary/aromatic N) is 2. The van der Waals surface area contributed by atoms with Gasteiger partial charge in [0.15, 0.2) is 0 Å². The van der Waals surface area contributed by atoms with Crippen LogP contribution in [0, 0.1) is 0 Å². The van der Waals surface area contributed by atoms with Crippen molar-refractivity contribution in [2.75, 3.05) is 13.1 Å². The van der Waals surface area contributed by atoms with E-state index in [0.717, 1.165) is 38.2 Å². The fourth-order valence-corrected chi connectivity index (χ4v) is 4.43. The summed E-state index contributed by atoms with van der Waals surface area (Å²) in [5.74, 6) is -0.102. The van der Waals surface area contributed by atoms with Gasteiger partial charge in [-0.15, -0.1) is 11.3 Å². The van der Waals surface area contributed by atoms with Crippen LogP contribution in [0.5, 0.6) is 0 Å². The van der Waals surface area contributed by atoms with E-state index in [-0.39, 0.29) is 5.41 Å². The molecule has 0 radical (unpaired) electrons. The molecule has 3 N–H and O–H groups in total. The molecule has 5 nitrogen and oxygen atoms in total. The van der Waals surface area contributed by atoms with Crippen molar-refractivity contribution in [3.8, 4) is 0 Å². The zero-order chi connectivity index (χ0) is 17.3. The van der Waals surface area contributed by atoms with Crippen LogP contribution in [0.4, 0.5) is 0 Å². The Morgan fingerprint density at radius 2 is 2.25 bits per heavy atom. The third-order valence-electron chi connectivity index (χ3n) is 4.63. The average molecular weight is 347 g/mol. The van der Waals surface area contributed by atoms with Gasteiger partial charge in [0.2, 0.25) is 0 Å². The number of hydrogen-bond acceptors (Lipinski definition) is 4. The van der Waals surface area contributed by atoms with Gasteiger partial charge in [0.1, 0.15) is 0 Å². The second-order valence-corrected chi connectivity index (χ2v) is 8.82. The van der Waals surface area contributed by atoms with Crippen molar-refractivity contribution in [3.63, 3.8) is 0 Å². The number of likely N-dealkylation sites (tertiary alicyclic amines) is 1. The quantitative estimate of drug-likeness (QED) is 0.892. The topological polar surface area (TPSA) is 75.0 Å². The lowest BCUT2D eigenvalue weighted by Gasteiger charge is -2.32. The molecule has 6 heteroatoms. The largest absolute Gasteiger partial charge is 0.365 e. The Bertz CT molecular complexity index is 713. The number of carbonyl (C=O) groups excluding carboxylic acids is 1. The first-order valence-corrected chi connectivity index (χ1v) is 9.31. The number of piperidine rings is 1. The summed E-state index contributed by atoms with van der Waals surface area (Å²) in [7, 11) is 0. The summed E-state index contributed by atoms with van der Waals surface area (Å²) >= 11 is 1.90. The van der Waals surface area contributed by atoms with E-state index in [1.807, 2.05) is 11.3 Å². The molecule has 1 fully saturated rings. The van der Waals surface area contributed by atoms with E-state index in [2.05, 4.69) is 48.0 Å². The van der Waals surface area contributed by atoms with Crippen molar-refractivity contribution in [1.29, 1.82) is 0 Å².